The molecule has 3 atom stereocenters. The van der Waals surface area contributed by atoms with Crippen molar-refractivity contribution in [2.75, 3.05) is 0 Å². The molecule has 0 saturated heterocycles. The zero-order chi connectivity index (χ0) is 31.4. The lowest BCUT2D eigenvalue weighted by atomic mass is 9.93. The zero-order valence-corrected chi connectivity index (χ0v) is 24.7. The Morgan fingerprint density at radius 3 is 2.00 bits per heavy atom. The van der Waals surface area contributed by atoms with Crippen LogP contribution in [0.1, 0.15) is 54.2 Å². The van der Waals surface area contributed by atoms with Gasteiger partial charge in [-0.3, -0.25) is 14.4 Å². The summed E-state index contributed by atoms with van der Waals surface area (Å²) >= 11 is 0. The van der Waals surface area contributed by atoms with Gasteiger partial charge in [0.2, 0.25) is 11.8 Å². The molecule has 4 amide bonds. The Kier molecular flexibility index (Phi) is 11.8. The smallest absolute Gasteiger partial charge is 0.408 e. The number of ether oxygens (including phenoxy) is 1. The molecule has 10 nitrogen and oxygen atoms in total. The number of aliphatic hydroxyl groups excluding tert-OH is 1. The number of carbonyl (C=O) groups is 4. The van der Waals surface area contributed by atoms with E-state index in [0.29, 0.717) is 11.1 Å². The summed E-state index contributed by atoms with van der Waals surface area (Å²) in [6.45, 7) is 5.60. The molecule has 0 bridgehead atoms. The quantitative estimate of drug-likeness (QED) is 0.206. The standard InChI is InChI=1S/C33H40N4O6/c1-33(2,3)37-30(40)25-17-11-10-16-24(25)19-28(38)26(18-22-12-6-4-7-13-22)35-31(41)27(20-29(34)39)36-32(42)43-21-23-14-8-5-9-15-23/h4-17,26-28,38H,18-21H2,1-3H3,(H2,34,39)(H,35,41)(H,36,42)(H,37,40)/t26-,27-,28+/m0/s1. The van der Waals surface area contributed by atoms with E-state index < -0.39 is 48.1 Å². The van der Waals surface area contributed by atoms with E-state index in [-0.39, 0.29) is 25.4 Å². The van der Waals surface area contributed by atoms with Crippen LogP contribution in [-0.2, 0) is 33.8 Å². The molecule has 0 aromatic heterocycles. The summed E-state index contributed by atoms with van der Waals surface area (Å²) in [5, 5.41) is 19.6. The Balaban J connectivity index is 1.78. The lowest BCUT2D eigenvalue weighted by Gasteiger charge is -2.28. The number of benzene rings is 3. The van der Waals surface area contributed by atoms with E-state index in [0.717, 1.165) is 11.1 Å². The zero-order valence-electron chi connectivity index (χ0n) is 24.7. The highest BCUT2D eigenvalue weighted by molar-refractivity contribution is 5.96. The van der Waals surface area contributed by atoms with Crippen molar-refractivity contribution in [2.45, 2.75) is 70.4 Å². The predicted octanol–water partition coefficient (Wildman–Crippen LogP) is 3.02. The molecule has 10 heteroatoms. The van der Waals surface area contributed by atoms with Crippen LogP contribution in [0.5, 0.6) is 0 Å². The first-order chi connectivity index (χ1) is 20.4. The summed E-state index contributed by atoms with van der Waals surface area (Å²) in [5.41, 5.74) is 7.51. The Bertz CT molecular complexity index is 1370. The van der Waals surface area contributed by atoms with Crippen LogP contribution in [0, 0.1) is 0 Å². The predicted molar refractivity (Wildman–Crippen MR) is 163 cm³/mol. The first kappa shape index (κ1) is 32.8. The van der Waals surface area contributed by atoms with Crippen LogP contribution < -0.4 is 21.7 Å². The molecule has 0 radical (unpaired) electrons. The topological polar surface area (TPSA) is 160 Å². The second kappa shape index (κ2) is 15.5. The number of rotatable bonds is 13. The van der Waals surface area contributed by atoms with Crippen LogP contribution >= 0.6 is 0 Å². The van der Waals surface area contributed by atoms with Crippen LogP contribution in [0.15, 0.2) is 84.9 Å². The fraction of sp³-hybridized carbons (Fsp3) is 0.333. The summed E-state index contributed by atoms with van der Waals surface area (Å²) in [4.78, 5) is 50.7. The number of hydrogen-bond donors (Lipinski definition) is 5. The molecule has 6 N–H and O–H groups in total. The van der Waals surface area contributed by atoms with Gasteiger partial charge >= 0.3 is 6.09 Å². The van der Waals surface area contributed by atoms with Gasteiger partial charge in [0.1, 0.15) is 12.6 Å². The van der Waals surface area contributed by atoms with Crippen molar-refractivity contribution in [3.8, 4) is 0 Å². The summed E-state index contributed by atoms with van der Waals surface area (Å²) in [7, 11) is 0. The number of nitrogens with one attached hydrogen (secondary N) is 3. The van der Waals surface area contributed by atoms with Crippen LogP contribution in [0.2, 0.25) is 0 Å². The van der Waals surface area contributed by atoms with Gasteiger partial charge in [-0.15, -0.1) is 0 Å². The highest BCUT2D eigenvalue weighted by atomic mass is 16.5. The molecule has 3 rings (SSSR count). The number of alkyl carbamates (subject to hydrolysis) is 1. The maximum Gasteiger partial charge on any atom is 0.408 e. The van der Waals surface area contributed by atoms with Gasteiger partial charge in [-0.1, -0.05) is 78.9 Å². The van der Waals surface area contributed by atoms with E-state index in [1.54, 1.807) is 48.5 Å². The van der Waals surface area contributed by atoms with Crippen molar-refractivity contribution in [1.29, 1.82) is 0 Å². The van der Waals surface area contributed by atoms with E-state index in [4.69, 9.17) is 10.5 Å². The van der Waals surface area contributed by atoms with Gasteiger partial charge in [-0.2, -0.15) is 0 Å². The number of nitrogens with two attached hydrogens (primary N) is 1. The summed E-state index contributed by atoms with van der Waals surface area (Å²) in [5.74, 6) is -1.80. The van der Waals surface area contributed by atoms with Crippen molar-refractivity contribution >= 4 is 23.8 Å². The molecule has 0 unspecified atom stereocenters. The second-order valence-corrected chi connectivity index (χ2v) is 11.4. The number of hydrogen-bond acceptors (Lipinski definition) is 6. The summed E-state index contributed by atoms with van der Waals surface area (Å²) in [6, 6.07) is 23.0. The number of aliphatic hydroxyl groups is 1. The third kappa shape index (κ3) is 11.2. The molecule has 43 heavy (non-hydrogen) atoms. The lowest BCUT2D eigenvalue weighted by Crippen LogP contribution is -2.54. The Morgan fingerprint density at radius 1 is 0.814 bits per heavy atom. The Hall–Kier alpha value is -4.70. The van der Waals surface area contributed by atoms with E-state index in [1.807, 2.05) is 57.2 Å². The summed E-state index contributed by atoms with van der Waals surface area (Å²) < 4.78 is 5.22. The first-order valence-electron chi connectivity index (χ1n) is 14.1. The normalized spacial score (nSPS) is 13.2. The monoisotopic (exact) mass is 588 g/mol. The molecular weight excluding hydrogens is 548 g/mol. The van der Waals surface area contributed by atoms with Crippen LogP contribution in [0.4, 0.5) is 4.79 Å². The van der Waals surface area contributed by atoms with Crippen molar-refractivity contribution in [3.63, 3.8) is 0 Å². The third-order valence-electron chi connectivity index (χ3n) is 6.50. The van der Waals surface area contributed by atoms with Gasteiger partial charge in [0, 0.05) is 17.5 Å². The average molecular weight is 589 g/mol. The maximum absolute atomic E-state index is 13.4. The van der Waals surface area contributed by atoms with Crippen molar-refractivity contribution in [2.24, 2.45) is 5.73 Å². The van der Waals surface area contributed by atoms with Crippen LogP contribution in [-0.4, -0.2) is 52.6 Å². The highest BCUT2D eigenvalue weighted by Gasteiger charge is 2.30. The largest absolute Gasteiger partial charge is 0.445 e. The van der Waals surface area contributed by atoms with Crippen LogP contribution in [0.25, 0.3) is 0 Å². The van der Waals surface area contributed by atoms with Gasteiger partial charge < -0.3 is 31.5 Å². The molecule has 0 heterocycles. The molecular formula is C33H40N4O6. The van der Waals surface area contributed by atoms with Crippen molar-refractivity contribution < 1.29 is 29.0 Å². The van der Waals surface area contributed by atoms with E-state index >= 15 is 0 Å². The molecule has 228 valence electrons. The minimum Gasteiger partial charge on any atom is -0.445 e. The minimum absolute atomic E-state index is 0.0326. The summed E-state index contributed by atoms with van der Waals surface area (Å²) in [6.07, 6.45) is -2.21. The number of amides is 4. The van der Waals surface area contributed by atoms with Gasteiger partial charge in [-0.25, -0.2) is 4.79 Å². The van der Waals surface area contributed by atoms with E-state index in [2.05, 4.69) is 16.0 Å². The SMILES string of the molecule is CC(C)(C)NC(=O)c1ccccc1C[C@@H](O)[C@H](Cc1ccccc1)NC(=O)[C@H](CC(N)=O)NC(=O)OCc1ccccc1. The minimum atomic E-state index is -1.34. The average Bonchev–Trinajstić information content (AvgIpc) is 2.95. The molecule has 3 aromatic carbocycles. The van der Waals surface area contributed by atoms with Crippen molar-refractivity contribution in [3.05, 3.63) is 107 Å². The van der Waals surface area contributed by atoms with Gasteiger partial charge in [0.05, 0.1) is 18.6 Å². The van der Waals surface area contributed by atoms with Crippen LogP contribution in [0.3, 0.4) is 0 Å². The molecule has 0 aliphatic carbocycles. The van der Waals surface area contributed by atoms with Gasteiger partial charge in [0.25, 0.3) is 5.91 Å². The highest BCUT2D eigenvalue weighted by Crippen LogP contribution is 2.17. The fourth-order valence-corrected chi connectivity index (χ4v) is 4.45. The Labute approximate surface area is 252 Å². The second-order valence-electron chi connectivity index (χ2n) is 11.4. The molecule has 0 spiro atoms. The molecule has 0 fully saturated rings. The van der Waals surface area contributed by atoms with E-state index in [9.17, 15) is 24.3 Å². The molecule has 0 aliphatic heterocycles. The molecule has 0 aliphatic rings. The van der Waals surface area contributed by atoms with E-state index in [1.165, 1.54) is 0 Å². The lowest BCUT2D eigenvalue weighted by molar-refractivity contribution is -0.128. The Morgan fingerprint density at radius 2 is 1.40 bits per heavy atom. The molecule has 3 aromatic rings. The van der Waals surface area contributed by atoms with Gasteiger partial charge in [-0.05, 0) is 49.9 Å². The molecule has 0 saturated carbocycles. The number of carbonyl (C=O) groups excluding carboxylic acids is 4. The fourth-order valence-electron chi connectivity index (χ4n) is 4.45. The number of primary amides is 1. The third-order valence-corrected chi connectivity index (χ3v) is 6.50. The maximum atomic E-state index is 13.4. The van der Waals surface area contributed by atoms with Gasteiger partial charge in [0.15, 0.2) is 0 Å². The first-order valence-corrected chi connectivity index (χ1v) is 14.1. The van der Waals surface area contributed by atoms with Crippen molar-refractivity contribution in [1.82, 2.24) is 16.0 Å².